The molecule has 0 bridgehead atoms. The third-order valence-corrected chi connectivity index (χ3v) is 11.3. The summed E-state index contributed by atoms with van der Waals surface area (Å²) in [6.07, 6.45) is 5.13. The molecule has 0 radical (unpaired) electrons. The first-order valence-corrected chi connectivity index (χ1v) is 18.5. The average Bonchev–Trinajstić information content (AvgIpc) is 3.07. The van der Waals surface area contributed by atoms with Gasteiger partial charge in [0.15, 0.2) is 0 Å². The lowest BCUT2D eigenvalue weighted by Crippen LogP contribution is -2.55. The number of benzene rings is 4. The molecule has 5 rings (SSSR count). The lowest BCUT2D eigenvalue weighted by Gasteiger charge is -2.35. The fourth-order valence-electron chi connectivity index (χ4n) is 5.94. The van der Waals surface area contributed by atoms with Gasteiger partial charge in [-0.1, -0.05) is 114 Å². The fraction of sp³-hybridized carbons (Fsp3) is 0.297. The summed E-state index contributed by atoms with van der Waals surface area (Å²) in [5.74, 6) is -0.861. The number of rotatable bonds is 12. The molecule has 0 saturated heterocycles. The van der Waals surface area contributed by atoms with E-state index in [1.54, 1.807) is 30.3 Å². The number of carbonyl (C=O) groups is 2. The third kappa shape index (κ3) is 9.11. The molecule has 252 valence electrons. The van der Waals surface area contributed by atoms with Gasteiger partial charge in [-0.3, -0.25) is 13.9 Å². The largest absolute Gasteiger partial charge is 0.352 e. The van der Waals surface area contributed by atoms with Gasteiger partial charge in [0, 0.05) is 24.0 Å². The van der Waals surface area contributed by atoms with E-state index in [9.17, 15) is 18.0 Å². The zero-order valence-corrected chi connectivity index (χ0v) is 29.7. The summed E-state index contributed by atoms with van der Waals surface area (Å²) < 4.78 is 29.5. The Balaban J connectivity index is 1.58. The molecule has 0 heterocycles. The van der Waals surface area contributed by atoms with Gasteiger partial charge in [0.25, 0.3) is 10.0 Å². The minimum atomic E-state index is -4.27. The van der Waals surface area contributed by atoms with Crippen molar-refractivity contribution in [2.24, 2.45) is 0 Å². The van der Waals surface area contributed by atoms with Crippen molar-refractivity contribution in [3.05, 3.63) is 129 Å². The summed E-state index contributed by atoms with van der Waals surface area (Å²) in [6.45, 7) is 1.28. The molecule has 0 unspecified atom stereocenters. The second-order valence-electron chi connectivity index (χ2n) is 12.1. The van der Waals surface area contributed by atoms with Crippen molar-refractivity contribution in [3.8, 4) is 0 Å². The number of hydrogen-bond donors (Lipinski definition) is 1. The first-order chi connectivity index (χ1) is 23.0. The second-order valence-corrected chi connectivity index (χ2v) is 15.2. The van der Waals surface area contributed by atoms with Crippen LogP contribution in [0.2, 0.25) is 15.1 Å². The summed E-state index contributed by atoms with van der Waals surface area (Å²) in [4.78, 5) is 30.4. The first kappa shape index (κ1) is 35.7. The number of nitrogens with one attached hydrogen (secondary N) is 1. The van der Waals surface area contributed by atoms with Crippen molar-refractivity contribution in [1.29, 1.82) is 0 Å². The van der Waals surface area contributed by atoms with Crippen LogP contribution in [0.4, 0.5) is 5.69 Å². The Morgan fingerprint density at radius 3 is 2.17 bits per heavy atom. The molecule has 7 nitrogen and oxygen atoms in total. The second kappa shape index (κ2) is 16.2. The van der Waals surface area contributed by atoms with Gasteiger partial charge in [0.2, 0.25) is 11.8 Å². The first-order valence-electron chi connectivity index (χ1n) is 15.9. The monoisotopic (exact) mass is 725 g/mol. The number of anilines is 1. The number of nitrogens with zero attached hydrogens (tertiary/aromatic N) is 2. The van der Waals surface area contributed by atoms with E-state index in [2.05, 4.69) is 5.32 Å². The van der Waals surface area contributed by atoms with E-state index in [1.165, 1.54) is 35.2 Å². The maximum Gasteiger partial charge on any atom is 0.264 e. The van der Waals surface area contributed by atoms with Crippen LogP contribution in [-0.2, 0) is 32.6 Å². The van der Waals surface area contributed by atoms with Crippen LogP contribution < -0.4 is 9.62 Å². The number of sulfonamides is 1. The number of hydrogen-bond acceptors (Lipinski definition) is 4. The summed E-state index contributed by atoms with van der Waals surface area (Å²) >= 11 is 18.9. The third-order valence-electron chi connectivity index (χ3n) is 8.54. The summed E-state index contributed by atoms with van der Waals surface area (Å²) in [5, 5.41) is 4.06. The highest BCUT2D eigenvalue weighted by atomic mass is 35.5. The maximum absolute atomic E-state index is 14.7. The Morgan fingerprint density at radius 2 is 1.50 bits per heavy atom. The number of carbonyl (C=O) groups excluding carboxylic acids is 2. The van der Waals surface area contributed by atoms with Crippen molar-refractivity contribution in [3.63, 3.8) is 0 Å². The van der Waals surface area contributed by atoms with Crippen LogP contribution in [0.25, 0.3) is 0 Å². The van der Waals surface area contributed by atoms with Gasteiger partial charge in [0.1, 0.15) is 12.6 Å². The van der Waals surface area contributed by atoms with Crippen LogP contribution in [0.15, 0.2) is 102 Å². The molecule has 2 amide bonds. The van der Waals surface area contributed by atoms with Crippen molar-refractivity contribution in [2.45, 2.75) is 69.0 Å². The van der Waals surface area contributed by atoms with Crippen LogP contribution in [0.3, 0.4) is 0 Å². The summed E-state index contributed by atoms with van der Waals surface area (Å²) in [5.41, 5.74) is 2.60. The van der Waals surface area contributed by atoms with E-state index in [0.717, 1.165) is 47.5 Å². The van der Waals surface area contributed by atoms with Gasteiger partial charge < -0.3 is 10.2 Å². The molecule has 0 aromatic heterocycles. The molecule has 1 saturated carbocycles. The Morgan fingerprint density at radius 1 is 0.812 bits per heavy atom. The summed E-state index contributed by atoms with van der Waals surface area (Å²) in [7, 11) is -4.27. The molecule has 4 aromatic carbocycles. The van der Waals surface area contributed by atoms with Gasteiger partial charge in [-0.25, -0.2) is 8.42 Å². The van der Waals surface area contributed by atoms with Crippen LogP contribution in [0, 0.1) is 6.92 Å². The van der Waals surface area contributed by atoms with E-state index in [1.807, 2.05) is 43.3 Å². The highest BCUT2D eigenvalue weighted by Crippen LogP contribution is 2.31. The van der Waals surface area contributed by atoms with E-state index < -0.39 is 28.5 Å². The van der Waals surface area contributed by atoms with Crippen LogP contribution in [-0.4, -0.2) is 43.8 Å². The smallest absolute Gasteiger partial charge is 0.264 e. The van der Waals surface area contributed by atoms with Crippen LogP contribution in [0.1, 0.15) is 48.8 Å². The van der Waals surface area contributed by atoms with E-state index in [4.69, 9.17) is 34.8 Å². The molecule has 1 fully saturated rings. The maximum atomic E-state index is 14.7. The Bertz CT molecular complexity index is 1830. The lowest BCUT2D eigenvalue weighted by atomic mass is 9.94. The predicted molar refractivity (Wildman–Crippen MR) is 193 cm³/mol. The number of aryl methyl sites for hydroxylation is 1. The minimum Gasteiger partial charge on any atom is -0.352 e. The molecule has 4 aromatic rings. The SMILES string of the molecule is Cc1ccc(S(=O)(=O)N(CC(=O)N(Cc2cccc(Cl)c2)[C@@H](Cc2ccccc2)C(=O)NC2CCCCC2)c2ccc(Cl)c(Cl)c2)cc1. The molecule has 48 heavy (non-hydrogen) atoms. The van der Waals surface area contributed by atoms with E-state index in [-0.39, 0.29) is 45.5 Å². The molecule has 1 aliphatic rings. The predicted octanol–water partition coefficient (Wildman–Crippen LogP) is 8.24. The fourth-order valence-corrected chi connectivity index (χ4v) is 7.85. The van der Waals surface area contributed by atoms with Crippen molar-refractivity contribution < 1.29 is 18.0 Å². The summed E-state index contributed by atoms with van der Waals surface area (Å²) in [6, 6.07) is 26.4. The minimum absolute atomic E-state index is 0.00210. The number of halogens is 3. The van der Waals surface area contributed by atoms with Gasteiger partial charge in [-0.05, 0) is 73.4 Å². The number of amides is 2. The highest BCUT2D eigenvalue weighted by Gasteiger charge is 2.35. The Kier molecular flexibility index (Phi) is 12.1. The van der Waals surface area contributed by atoms with Gasteiger partial charge in [-0.2, -0.15) is 0 Å². The molecule has 1 atom stereocenters. The Hall–Kier alpha value is -3.56. The van der Waals surface area contributed by atoms with Crippen molar-refractivity contribution in [1.82, 2.24) is 10.2 Å². The average molecular weight is 727 g/mol. The van der Waals surface area contributed by atoms with Crippen molar-refractivity contribution >= 4 is 62.3 Å². The zero-order valence-electron chi connectivity index (χ0n) is 26.6. The normalized spacial score (nSPS) is 14.2. The van der Waals surface area contributed by atoms with Gasteiger partial charge >= 0.3 is 0 Å². The Labute approximate surface area is 297 Å². The topological polar surface area (TPSA) is 86.8 Å². The van der Waals surface area contributed by atoms with Crippen molar-refractivity contribution in [2.75, 3.05) is 10.8 Å². The molecule has 1 aliphatic carbocycles. The van der Waals surface area contributed by atoms with Gasteiger partial charge in [0.05, 0.1) is 20.6 Å². The highest BCUT2D eigenvalue weighted by molar-refractivity contribution is 7.92. The molecule has 0 spiro atoms. The standard InChI is InChI=1S/C37H38Cl3N3O4S/c1-26-15-18-32(19-16-26)48(46,47)43(31-17-20-33(39)34(40)23-31)25-36(44)42(24-28-11-8-12-29(38)21-28)35(22-27-9-4-2-5-10-27)37(45)41-30-13-6-3-7-14-30/h2,4-5,8-12,15-21,23,30,35H,3,6-7,13-14,22,24-25H2,1H3,(H,41,45)/t35-/m0/s1. The molecule has 11 heteroatoms. The van der Waals surface area contributed by atoms with Crippen LogP contribution in [0.5, 0.6) is 0 Å². The zero-order chi connectivity index (χ0) is 34.3. The van der Waals surface area contributed by atoms with E-state index in [0.29, 0.717) is 10.6 Å². The molecule has 1 N–H and O–H groups in total. The lowest BCUT2D eigenvalue weighted by molar-refractivity contribution is -0.140. The van der Waals surface area contributed by atoms with Crippen LogP contribution >= 0.6 is 34.8 Å². The molecular formula is C37H38Cl3N3O4S. The van der Waals surface area contributed by atoms with Gasteiger partial charge in [-0.15, -0.1) is 0 Å². The quantitative estimate of drug-likeness (QED) is 0.159. The van der Waals surface area contributed by atoms with E-state index >= 15 is 0 Å². The molecular weight excluding hydrogens is 689 g/mol. The molecule has 0 aliphatic heterocycles.